The summed E-state index contributed by atoms with van der Waals surface area (Å²) in [5, 5.41) is 3.22. The van der Waals surface area contributed by atoms with E-state index in [9.17, 15) is 18.0 Å². The van der Waals surface area contributed by atoms with E-state index in [1.807, 2.05) is 0 Å². The second kappa shape index (κ2) is 5.44. The number of esters is 1. The first-order valence-corrected chi connectivity index (χ1v) is 6.02. The molecule has 0 fully saturated rings. The van der Waals surface area contributed by atoms with Crippen LogP contribution in [0.2, 0.25) is 0 Å². The lowest BCUT2D eigenvalue weighted by atomic mass is 10.2. The van der Waals surface area contributed by atoms with Crippen molar-refractivity contribution in [3.8, 4) is 0 Å². The zero-order valence-electron chi connectivity index (χ0n) is 9.24. The fourth-order valence-corrected chi connectivity index (χ4v) is 1.39. The van der Waals surface area contributed by atoms with E-state index >= 15 is 0 Å². The van der Waals surface area contributed by atoms with Gasteiger partial charge >= 0.3 is 12.1 Å². The molecule has 0 spiro atoms. The fraction of sp³-hybridized carbons (Fsp3) is 0.556. The first kappa shape index (κ1) is 13.9. The summed E-state index contributed by atoms with van der Waals surface area (Å²) in [5.41, 5.74) is -1.77. The highest BCUT2D eigenvalue weighted by Gasteiger charge is 2.39. The molecule has 17 heavy (non-hydrogen) atoms. The quantitative estimate of drug-likeness (QED) is 0.618. The van der Waals surface area contributed by atoms with E-state index in [4.69, 9.17) is 4.74 Å². The minimum Gasteiger partial charge on any atom is -0.461 e. The van der Waals surface area contributed by atoms with E-state index in [2.05, 4.69) is 5.10 Å². The fourth-order valence-electron chi connectivity index (χ4n) is 1.14. The smallest absolute Gasteiger partial charge is 0.436 e. The van der Waals surface area contributed by atoms with Crippen LogP contribution in [0.5, 0.6) is 0 Å². The van der Waals surface area contributed by atoms with Gasteiger partial charge in [0.1, 0.15) is 12.2 Å². The number of carbonyl (C=O) groups excluding carboxylic acids is 1. The normalized spacial score (nSPS) is 11.6. The van der Waals surface area contributed by atoms with Crippen molar-refractivity contribution in [3.05, 3.63) is 17.5 Å². The number of hydrogen-bond donors (Lipinski definition) is 0. The minimum atomic E-state index is -4.66. The molecule has 8 heteroatoms. The first-order valence-electron chi connectivity index (χ1n) is 4.63. The van der Waals surface area contributed by atoms with Gasteiger partial charge in [0.15, 0.2) is 5.69 Å². The summed E-state index contributed by atoms with van der Waals surface area (Å²) in [7, 11) is 1.31. The highest BCUT2D eigenvalue weighted by Crippen LogP contribution is 2.30. The number of aromatic nitrogens is 2. The Morgan fingerprint density at radius 2 is 2.24 bits per heavy atom. The van der Waals surface area contributed by atoms with E-state index in [1.165, 1.54) is 18.8 Å². The molecular weight excluding hydrogens is 257 g/mol. The lowest BCUT2D eigenvalue weighted by Crippen LogP contribution is -2.15. The molecule has 0 saturated heterocycles. The second-order valence-corrected chi connectivity index (χ2v) is 4.18. The highest BCUT2D eigenvalue weighted by molar-refractivity contribution is 7.98. The second-order valence-electron chi connectivity index (χ2n) is 3.19. The van der Waals surface area contributed by atoms with Gasteiger partial charge < -0.3 is 4.74 Å². The Hall–Kier alpha value is -1.18. The summed E-state index contributed by atoms with van der Waals surface area (Å²) >= 11 is 1.43. The van der Waals surface area contributed by atoms with Crippen LogP contribution >= 0.6 is 11.8 Å². The van der Waals surface area contributed by atoms with Crippen molar-refractivity contribution in [2.75, 3.05) is 18.6 Å². The standard InChI is InChI=1S/C9H11F3N2O2S/c1-14-5-6(7(13-14)9(10,11)12)8(15)16-3-4-17-2/h5H,3-4H2,1-2H3. The SMILES string of the molecule is CSCCOC(=O)c1cn(C)nc1C(F)(F)F. The largest absolute Gasteiger partial charge is 0.461 e. The van der Waals surface area contributed by atoms with Gasteiger partial charge in [0.2, 0.25) is 0 Å². The van der Waals surface area contributed by atoms with Gasteiger partial charge in [-0.3, -0.25) is 4.68 Å². The molecule has 96 valence electrons. The summed E-state index contributed by atoms with van der Waals surface area (Å²) in [6.07, 6.45) is -1.85. The number of hydrogen-bond acceptors (Lipinski definition) is 4. The maximum Gasteiger partial charge on any atom is 0.436 e. The van der Waals surface area contributed by atoms with Gasteiger partial charge in [0, 0.05) is 19.0 Å². The molecule has 1 aromatic rings. The summed E-state index contributed by atoms with van der Waals surface area (Å²) in [4.78, 5) is 11.4. The van der Waals surface area contributed by atoms with Crippen molar-refractivity contribution in [2.24, 2.45) is 7.05 Å². The number of thioether (sulfide) groups is 1. The predicted octanol–water partition coefficient (Wildman–Crippen LogP) is 1.96. The Morgan fingerprint density at radius 3 is 2.76 bits per heavy atom. The summed E-state index contributed by atoms with van der Waals surface area (Å²) in [6, 6.07) is 0. The van der Waals surface area contributed by atoms with Crippen LogP contribution in [0.25, 0.3) is 0 Å². The first-order chi connectivity index (χ1) is 7.86. The molecule has 0 saturated carbocycles. The van der Waals surface area contributed by atoms with Gasteiger partial charge in [0.25, 0.3) is 0 Å². The maximum absolute atomic E-state index is 12.5. The van der Waals surface area contributed by atoms with Gasteiger partial charge in [-0.25, -0.2) is 4.79 Å². The minimum absolute atomic E-state index is 0.0756. The topological polar surface area (TPSA) is 44.1 Å². The van der Waals surface area contributed by atoms with Crippen LogP contribution in [0, 0.1) is 0 Å². The molecule has 0 radical (unpaired) electrons. The van der Waals surface area contributed by atoms with Gasteiger partial charge in [-0.15, -0.1) is 0 Å². The van der Waals surface area contributed by atoms with Crippen molar-refractivity contribution in [1.29, 1.82) is 0 Å². The van der Waals surface area contributed by atoms with Crippen LogP contribution in [-0.4, -0.2) is 34.4 Å². The number of carbonyl (C=O) groups is 1. The molecule has 1 aromatic heterocycles. The van der Waals surface area contributed by atoms with Crippen molar-refractivity contribution in [1.82, 2.24) is 9.78 Å². The number of nitrogens with zero attached hydrogens (tertiary/aromatic N) is 2. The summed E-state index contributed by atoms with van der Waals surface area (Å²) in [6.45, 7) is 0.0756. The lowest BCUT2D eigenvalue weighted by Gasteiger charge is -2.06. The molecule has 1 heterocycles. The van der Waals surface area contributed by atoms with E-state index in [0.29, 0.717) is 5.75 Å². The number of rotatable bonds is 4. The number of halogens is 3. The van der Waals surface area contributed by atoms with Crippen LogP contribution in [0.3, 0.4) is 0 Å². The van der Waals surface area contributed by atoms with E-state index in [1.54, 1.807) is 6.26 Å². The summed E-state index contributed by atoms with van der Waals surface area (Å²) < 4.78 is 43.2. The van der Waals surface area contributed by atoms with Gasteiger partial charge in [0.05, 0.1) is 0 Å². The Kier molecular flexibility index (Phi) is 4.44. The monoisotopic (exact) mass is 268 g/mol. The molecule has 0 aliphatic rings. The molecule has 0 aliphatic carbocycles. The molecule has 0 aromatic carbocycles. The van der Waals surface area contributed by atoms with Crippen molar-refractivity contribution in [2.45, 2.75) is 6.18 Å². The van der Waals surface area contributed by atoms with Crippen molar-refractivity contribution in [3.63, 3.8) is 0 Å². The third-order valence-electron chi connectivity index (χ3n) is 1.84. The Bertz CT molecular complexity index is 403. The van der Waals surface area contributed by atoms with Crippen molar-refractivity contribution < 1.29 is 22.7 Å². The molecule has 0 atom stereocenters. The molecule has 1 rings (SSSR count). The summed E-state index contributed by atoms with van der Waals surface area (Å²) in [5.74, 6) is -0.465. The molecule has 0 bridgehead atoms. The highest BCUT2D eigenvalue weighted by atomic mass is 32.2. The molecule has 0 unspecified atom stereocenters. The van der Waals surface area contributed by atoms with Gasteiger partial charge in [-0.05, 0) is 6.26 Å². The van der Waals surface area contributed by atoms with E-state index < -0.39 is 23.4 Å². The Balaban J connectivity index is 2.86. The predicted molar refractivity (Wildman–Crippen MR) is 56.9 cm³/mol. The number of alkyl halides is 3. The van der Waals surface area contributed by atoms with Crippen LogP contribution in [0.1, 0.15) is 16.1 Å². The van der Waals surface area contributed by atoms with Crippen LogP contribution in [0.4, 0.5) is 13.2 Å². The number of ether oxygens (including phenoxy) is 1. The van der Waals surface area contributed by atoms with Crippen LogP contribution in [0.15, 0.2) is 6.20 Å². The zero-order valence-corrected chi connectivity index (χ0v) is 10.1. The van der Waals surface area contributed by atoms with Crippen LogP contribution in [-0.2, 0) is 18.0 Å². The van der Waals surface area contributed by atoms with Crippen LogP contribution < -0.4 is 0 Å². The molecule has 0 amide bonds. The average Bonchev–Trinajstić information content (AvgIpc) is 2.60. The molecule has 0 aliphatic heterocycles. The van der Waals surface area contributed by atoms with Gasteiger partial charge in [-0.1, -0.05) is 0 Å². The Labute approximate surface area is 100 Å². The number of aryl methyl sites for hydroxylation is 1. The molecule has 0 N–H and O–H groups in total. The molecular formula is C9H11F3N2O2S. The maximum atomic E-state index is 12.5. The zero-order chi connectivity index (χ0) is 13.1. The average molecular weight is 268 g/mol. The van der Waals surface area contributed by atoms with Gasteiger partial charge in [-0.2, -0.15) is 30.0 Å². The Morgan fingerprint density at radius 1 is 1.59 bits per heavy atom. The third-order valence-corrected chi connectivity index (χ3v) is 2.41. The lowest BCUT2D eigenvalue weighted by molar-refractivity contribution is -0.142. The molecule has 4 nitrogen and oxygen atoms in total. The van der Waals surface area contributed by atoms with Crippen molar-refractivity contribution >= 4 is 17.7 Å². The third kappa shape index (κ3) is 3.65. The van der Waals surface area contributed by atoms with E-state index in [-0.39, 0.29) is 6.61 Å². The van der Waals surface area contributed by atoms with E-state index in [0.717, 1.165) is 10.9 Å².